The average Bonchev–Trinajstić information content (AvgIpc) is 2.54. The molecule has 8 heteroatoms. The summed E-state index contributed by atoms with van der Waals surface area (Å²) in [6.07, 6.45) is 1.80. The molecule has 1 aromatic rings. The lowest BCUT2D eigenvalue weighted by atomic mass is 9.46. The summed E-state index contributed by atoms with van der Waals surface area (Å²) in [5.41, 5.74) is 6.25. The normalized spacial score (nSPS) is 30.9. The van der Waals surface area contributed by atoms with Crippen LogP contribution < -0.4 is 16.2 Å². The number of rotatable bonds is 4. The number of hydrogen-bond donors (Lipinski definition) is 3. The van der Waals surface area contributed by atoms with E-state index in [9.17, 15) is 13.2 Å². The zero-order valence-corrected chi connectivity index (χ0v) is 15.3. The van der Waals surface area contributed by atoms with E-state index in [1.807, 2.05) is 13.8 Å². The van der Waals surface area contributed by atoms with Crippen molar-refractivity contribution in [3.05, 3.63) is 29.8 Å². The summed E-state index contributed by atoms with van der Waals surface area (Å²) in [5.74, 6) is -0.461. The lowest BCUT2D eigenvalue weighted by Gasteiger charge is -2.65. The van der Waals surface area contributed by atoms with Gasteiger partial charge in [-0.25, -0.2) is 13.6 Å². The van der Waals surface area contributed by atoms with E-state index in [2.05, 4.69) is 5.32 Å². The van der Waals surface area contributed by atoms with Gasteiger partial charge in [-0.3, -0.25) is 4.79 Å². The van der Waals surface area contributed by atoms with Crippen LogP contribution in [0.1, 0.15) is 32.3 Å². The van der Waals surface area contributed by atoms with Crippen LogP contribution >= 0.6 is 0 Å². The molecule has 3 atom stereocenters. The third-order valence-electron chi connectivity index (χ3n) is 5.64. The number of hydrogen-bond acceptors (Lipinski definition) is 5. The van der Waals surface area contributed by atoms with Crippen LogP contribution in [0.3, 0.4) is 0 Å². The van der Waals surface area contributed by atoms with Gasteiger partial charge in [0.25, 0.3) is 0 Å². The summed E-state index contributed by atoms with van der Waals surface area (Å²) in [6.45, 7) is 4.65. The Hall–Kier alpha value is -1.48. The summed E-state index contributed by atoms with van der Waals surface area (Å²) >= 11 is 0. The summed E-state index contributed by atoms with van der Waals surface area (Å²) < 4.78 is 28.1. The molecule has 2 fully saturated rings. The van der Waals surface area contributed by atoms with Crippen LogP contribution in [-0.4, -0.2) is 32.6 Å². The van der Waals surface area contributed by atoms with E-state index in [0.29, 0.717) is 17.9 Å². The molecule has 0 bridgehead atoms. The van der Waals surface area contributed by atoms with Gasteiger partial charge in [-0.1, -0.05) is 26.0 Å². The molecule has 3 rings (SSSR count). The predicted molar refractivity (Wildman–Crippen MR) is 95.0 cm³/mol. The summed E-state index contributed by atoms with van der Waals surface area (Å²) in [6, 6.07) is 6.56. The van der Waals surface area contributed by atoms with E-state index in [1.165, 1.54) is 0 Å². The molecule has 0 radical (unpaired) electrons. The molecule has 1 saturated heterocycles. The lowest BCUT2D eigenvalue weighted by molar-refractivity contribution is -0.222. The monoisotopic (exact) mass is 367 g/mol. The van der Waals surface area contributed by atoms with Crippen LogP contribution in [0.2, 0.25) is 0 Å². The highest BCUT2D eigenvalue weighted by Gasteiger charge is 2.70. The molecule has 7 nitrogen and oxygen atoms in total. The number of sulfonamides is 1. The maximum Gasteiger partial charge on any atom is 0.245 e. The van der Waals surface area contributed by atoms with Gasteiger partial charge < -0.3 is 15.8 Å². The maximum atomic E-state index is 12.9. The van der Waals surface area contributed by atoms with Crippen molar-refractivity contribution in [3.8, 4) is 0 Å². The minimum atomic E-state index is -3.58. The van der Waals surface area contributed by atoms with Crippen LogP contribution in [0.5, 0.6) is 0 Å². The van der Waals surface area contributed by atoms with Gasteiger partial charge in [0.05, 0.1) is 11.9 Å². The second-order valence-electron chi connectivity index (χ2n) is 7.59. The van der Waals surface area contributed by atoms with Crippen molar-refractivity contribution in [2.45, 2.75) is 44.1 Å². The average molecular weight is 367 g/mol. The third-order valence-corrected chi connectivity index (χ3v) is 6.38. The van der Waals surface area contributed by atoms with Crippen molar-refractivity contribution >= 4 is 21.6 Å². The Labute approximate surface area is 148 Å². The van der Waals surface area contributed by atoms with Crippen LogP contribution in [0.4, 0.5) is 5.69 Å². The first-order valence-electron chi connectivity index (χ1n) is 8.37. The van der Waals surface area contributed by atoms with E-state index in [-0.39, 0.29) is 23.7 Å². The second kappa shape index (κ2) is 6.05. The van der Waals surface area contributed by atoms with Gasteiger partial charge in [0.15, 0.2) is 0 Å². The fourth-order valence-corrected chi connectivity index (χ4v) is 4.84. The smallest absolute Gasteiger partial charge is 0.245 e. The quantitative estimate of drug-likeness (QED) is 0.731. The Morgan fingerprint density at radius 3 is 2.56 bits per heavy atom. The number of ether oxygens (including phenoxy) is 1. The highest BCUT2D eigenvalue weighted by atomic mass is 32.2. The van der Waals surface area contributed by atoms with Gasteiger partial charge in [0, 0.05) is 23.6 Å². The highest BCUT2D eigenvalue weighted by Crippen LogP contribution is 2.57. The summed E-state index contributed by atoms with van der Waals surface area (Å²) in [5, 5.41) is 7.90. The molecular formula is C17H25N3O4S. The zero-order chi connectivity index (χ0) is 18.5. The molecule has 1 aliphatic carbocycles. The van der Waals surface area contributed by atoms with Gasteiger partial charge in [-0.2, -0.15) is 0 Å². The number of carbonyl (C=O) groups excluding carboxylic acids is 1. The van der Waals surface area contributed by atoms with Crippen LogP contribution in [0.15, 0.2) is 24.3 Å². The Morgan fingerprint density at radius 1 is 1.32 bits per heavy atom. The largest absolute Gasteiger partial charge is 0.377 e. The number of nitrogens with two attached hydrogens (primary N) is 2. The third kappa shape index (κ3) is 3.08. The van der Waals surface area contributed by atoms with Gasteiger partial charge in [-0.05, 0) is 30.5 Å². The molecule has 138 valence electrons. The molecule has 2 aliphatic rings. The first-order valence-corrected chi connectivity index (χ1v) is 10.1. The first-order chi connectivity index (χ1) is 11.6. The highest BCUT2D eigenvalue weighted by molar-refractivity contribution is 7.88. The number of primary sulfonamides is 1. The number of carbonyl (C=O) groups is 1. The van der Waals surface area contributed by atoms with E-state index in [0.717, 1.165) is 12.8 Å². The SMILES string of the molecule is CC1(C)C2OCCCC2C1(N)C(=O)Nc1ccc(CS(N)(=O)=O)cc1. The molecule has 1 amide bonds. The molecule has 0 aromatic heterocycles. The molecule has 25 heavy (non-hydrogen) atoms. The fourth-order valence-electron chi connectivity index (χ4n) is 4.19. The van der Waals surface area contributed by atoms with Gasteiger partial charge in [-0.15, -0.1) is 0 Å². The predicted octanol–water partition coefficient (Wildman–Crippen LogP) is 0.946. The lowest BCUT2D eigenvalue weighted by Crippen LogP contribution is -2.81. The van der Waals surface area contributed by atoms with E-state index in [4.69, 9.17) is 15.6 Å². The van der Waals surface area contributed by atoms with Crippen LogP contribution in [-0.2, 0) is 25.3 Å². The topological polar surface area (TPSA) is 125 Å². The molecule has 1 heterocycles. The number of amides is 1. The molecule has 1 aliphatic heterocycles. The van der Waals surface area contributed by atoms with Crippen molar-refractivity contribution < 1.29 is 17.9 Å². The summed E-state index contributed by atoms with van der Waals surface area (Å²) in [7, 11) is -3.58. The van der Waals surface area contributed by atoms with E-state index in [1.54, 1.807) is 24.3 Å². The van der Waals surface area contributed by atoms with Crippen molar-refractivity contribution in [2.24, 2.45) is 22.2 Å². The zero-order valence-electron chi connectivity index (χ0n) is 14.5. The Bertz CT molecular complexity index is 776. The fraction of sp³-hybridized carbons (Fsp3) is 0.588. The van der Waals surface area contributed by atoms with Crippen LogP contribution in [0.25, 0.3) is 0 Å². The Morgan fingerprint density at radius 2 is 1.96 bits per heavy atom. The Kier molecular flexibility index (Phi) is 4.43. The van der Waals surface area contributed by atoms with Crippen molar-refractivity contribution in [2.75, 3.05) is 11.9 Å². The summed E-state index contributed by atoms with van der Waals surface area (Å²) in [4.78, 5) is 12.9. The van der Waals surface area contributed by atoms with Gasteiger partial charge in [0.2, 0.25) is 15.9 Å². The molecule has 1 aromatic carbocycles. The maximum absolute atomic E-state index is 12.9. The van der Waals surface area contributed by atoms with Crippen molar-refractivity contribution in [3.63, 3.8) is 0 Å². The number of nitrogens with one attached hydrogen (secondary N) is 1. The van der Waals surface area contributed by atoms with Crippen LogP contribution in [0, 0.1) is 11.3 Å². The number of anilines is 1. The van der Waals surface area contributed by atoms with E-state index < -0.39 is 21.0 Å². The molecule has 1 saturated carbocycles. The standard InChI is InChI=1S/C17H25N3O4S/c1-16(2)14-13(4-3-9-24-14)17(16,18)15(21)20-12-7-5-11(6-8-12)10-25(19,22)23/h5-8,13-14H,3-4,9-10,18H2,1-2H3,(H,20,21)(H2,19,22,23). The Balaban J connectivity index is 1.73. The minimum absolute atomic E-state index is 0.00846. The second-order valence-corrected chi connectivity index (χ2v) is 9.20. The van der Waals surface area contributed by atoms with Crippen molar-refractivity contribution in [1.29, 1.82) is 0 Å². The molecule has 3 unspecified atom stereocenters. The number of fused-ring (bicyclic) bond motifs is 1. The van der Waals surface area contributed by atoms with Crippen molar-refractivity contribution in [1.82, 2.24) is 0 Å². The number of benzene rings is 1. The van der Waals surface area contributed by atoms with Gasteiger partial charge in [0.1, 0.15) is 5.54 Å². The minimum Gasteiger partial charge on any atom is -0.377 e. The van der Waals surface area contributed by atoms with Gasteiger partial charge >= 0.3 is 0 Å². The first kappa shape index (κ1) is 18.3. The van der Waals surface area contributed by atoms with E-state index >= 15 is 0 Å². The molecule has 5 N–H and O–H groups in total. The molecular weight excluding hydrogens is 342 g/mol. The molecule has 0 spiro atoms.